The van der Waals surface area contributed by atoms with Gasteiger partial charge in [-0.05, 0) is 43.0 Å². The number of aromatic nitrogens is 2. The second kappa shape index (κ2) is 11.7. The van der Waals surface area contributed by atoms with Crippen molar-refractivity contribution < 1.29 is 4.74 Å². The summed E-state index contributed by atoms with van der Waals surface area (Å²) in [5, 5.41) is 10.8. The largest absolute Gasteiger partial charge is 0.497 e. The van der Waals surface area contributed by atoms with Crippen LogP contribution in [0, 0.1) is 0 Å². The molecule has 1 heterocycles. The molecule has 7 heteroatoms. The number of ether oxygens (including phenoxy) is 1. The number of hydrogen-bond acceptors (Lipinski definition) is 3. The number of aliphatic imine (C=N–C) groups is 1. The first-order valence-electron chi connectivity index (χ1n) is 8.34. The van der Waals surface area contributed by atoms with Crippen LogP contribution in [-0.4, -0.2) is 35.9 Å². The first-order chi connectivity index (χ1) is 11.7. The van der Waals surface area contributed by atoms with E-state index < -0.39 is 0 Å². The van der Waals surface area contributed by atoms with Crippen molar-refractivity contribution in [2.75, 3.05) is 20.2 Å². The second-order valence-corrected chi connectivity index (χ2v) is 5.60. The lowest BCUT2D eigenvalue weighted by Gasteiger charge is -2.11. The maximum atomic E-state index is 5.25. The predicted octanol–water partition coefficient (Wildman–Crippen LogP) is 2.73. The van der Waals surface area contributed by atoms with Crippen molar-refractivity contribution in [1.82, 2.24) is 20.4 Å². The molecule has 0 saturated heterocycles. The summed E-state index contributed by atoms with van der Waals surface area (Å²) in [5.41, 5.74) is 2.39. The highest BCUT2D eigenvalue weighted by atomic mass is 127. The molecule has 0 aliphatic rings. The monoisotopic (exact) mass is 457 g/mol. The number of aryl methyl sites for hydroxylation is 2. The van der Waals surface area contributed by atoms with E-state index >= 15 is 0 Å². The molecule has 0 aliphatic heterocycles. The highest BCUT2D eigenvalue weighted by Gasteiger charge is 2.00. The molecule has 2 N–H and O–H groups in total. The smallest absolute Gasteiger partial charge is 0.191 e. The lowest BCUT2D eigenvalue weighted by Crippen LogP contribution is -2.37. The van der Waals surface area contributed by atoms with Gasteiger partial charge in [0.1, 0.15) is 5.75 Å². The van der Waals surface area contributed by atoms with Crippen molar-refractivity contribution in [3.63, 3.8) is 0 Å². The zero-order chi connectivity index (χ0) is 17.2. The minimum absolute atomic E-state index is 0. The number of guanidine groups is 1. The summed E-state index contributed by atoms with van der Waals surface area (Å²) in [6.07, 6.45) is 6.02. The van der Waals surface area contributed by atoms with Crippen LogP contribution in [0.15, 0.2) is 41.7 Å². The number of nitrogens with one attached hydrogen (secondary N) is 2. The van der Waals surface area contributed by atoms with Gasteiger partial charge in [-0.25, -0.2) is 4.99 Å². The molecule has 0 aliphatic carbocycles. The molecule has 0 saturated carbocycles. The highest BCUT2D eigenvalue weighted by molar-refractivity contribution is 14.0. The topological polar surface area (TPSA) is 63.5 Å². The predicted molar refractivity (Wildman–Crippen MR) is 113 cm³/mol. The summed E-state index contributed by atoms with van der Waals surface area (Å²) >= 11 is 0. The van der Waals surface area contributed by atoms with Gasteiger partial charge in [0.2, 0.25) is 0 Å². The molecule has 0 bridgehead atoms. The molecule has 1 aromatic carbocycles. The number of methoxy groups -OCH3 is 1. The van der Waals surface area contributed by atoms with Gasteiger partial charge in [-0.3, -0.25) is 4.68 Å². The lowest BCUT2D eigenvalue weighted by atomic mass is 10.2. The van der Waals surface area contributed by atoms with Crippen LogP contribution in [-0.2, 0) is 20.0 Å². The Morgan fingerprint density at radius 3 is 2.80 bits per heavy atom. The summed E-state index contributed by atoms with van der Waals surface area (Å²) in [6, 6.07) is 7.99. The van der Waals surface area contributed by atoms with Crippen LogP contribution < -0.4 is 15.4 Å². The quantitative estimate of drug-likeness (QED) is 0.277. The minimum Gasteiger partial charge on any atom is -0.497 e. The zero-order valence-corrected chi connectivity index (χ0v) is 17.5. The normalized spacial score (nSPS) is 10.9. The fourth-order valence-corrected chi connectivity index (χ4v) is 2.38. The van der Waals surface area contributed by atoms with Crippen LogP contribution in [0.2, 0.25) is 0 Å². The van der Waals surface area contributed by atoms with Crippen molar-refractivity contribution in [1.29, 1.82) is 0 Å². The molecule has 2 rings (SSSR count). The van der Waals surface area contributed by atoms with Crippen molar-refractivity contribution >= 4 is 29.9 Å². The first kappa shape index (κ1) is 21.3. The van der Waals surface area contributed by atoms with Gasteiger partial charge in [0, 0.05) is 26.3 Å². The van der Waals surface area contributed by atoms with Crippen LogP contribution in [0.5, 0.6) is 5.75 Å². The Hall–Kier alpha value is -1.77. The van der Waals surface area contributed by atoms with Gasteiger partial charge in [0.15, 0.2) is 5.96 Å². The third-order valence-electron chi connectivity index (χ3n) is 3.59. The average Bonchev–Trinajstić information content (AvgIpc) is 3.02. The number of benzene rings is 1. The summed E-state index contributed by atoms with van der Waals surface area (Å²) in [6.45, 7) is 4.40. The number of hydrogen-bond donors (Lipinski definition) is 2. The fraction of sp³-hybridized carbons (Fsp3) is 0.444. The van der Waals surface area contributed by atoms with Crippen LogP contribution in [0.25, 0.3) is 0 Å². The van der Waals surface area contributed by atoms with E-state index in [4.69, 9.17) is 4.74 Å². The SMILES string of the molecule is CCNC(=NCc1cccc(OC)c1)NCCCc1cnn(C)c1.I. The highest BCUT2D eigenvalue weighted by Crippen LogP contribution is 2.13. The van der Waals surface area contributed by atoms with Crippen molar-refractivity contribution in [3.8, 4) is 5.75 Å². The molecule has 0 radical (unpaired) electrons. The maximum absolute atomic E-state index is 5.25. The summed E-state index contributed by atoms with van der Waals surface area (Å²) < 4.78 is 7.08. The molecule has 138 valence electrons. The Labute approximate surface area is 167 Å². The minimum atomic E-state index is 0. The van der Waals surface area contributed by atoms with E-state index in [1.807, 2.05) is 36.1 Å². The second-order valence-electron chi connectivity index (χ2n) is 5.60. The van der Waals surface area contributed by atoms with Crippen LogP contribution in [0.3, 0.4) is 0 Å². The van der Waals surface area contributed by atoms with Gasteiger partial charge in [0.25, 0.3) is 0 Å². The molecule has 1 aromatic heterocycles. The Morgan fingerprint density at radius 1 is 1.28 bits per heavy atom. The van der Waals surface area contributed by atoms with Crippen molar-refractivity contribution in [3.05, 3.63) is 47.8 Å². The molecular formula is C18H28IN5O. The molecule has 25 heavy (non-hydrogen) atoms. The molecule has 0 unspecified atom stereocenters. The van der Waals surface area contributed by atoms with E-state index in [0.717, 1.165) is 43.2 Å². The van der Waals surface area contributed by atoms with E-state index in [-0.39, 0.29) is 24.0 Å². The molecule has 0 spiro atoms. The number of nitrogens with zero attached hydrogens (tertiary/aromatic N) is 3. The Kier molecular flexibility index (Phi) is 9.98. The van der Waals surface area contributed by atoms with Gasteiger partial charge in [0.05, 0.1) is 19.9 Å². The van der Waals surface area contributed by atoms with E-state index in [1.54, 1.807) is 7.11 Å². The van der Waals surface area contributed by atoms with Crippen LogP contribution >= 0.6 is 24.0 Å². The average molecular weight is 457 g/mol. The van der Waals surface area contributed by atoms with E-state index in [1.165, 1.54) is 5.56 Å². The summed E-state index contributed by atoms with van der Waals surface area (Å²) in [4.78, 5) is 4.63. The number of halogens is 1. The van der Waals surface area contributed by atoms with Gasteiger partial charge >= 0.3 is 0 Å². The van der Waals surface area contributed by atoms with Gasteiger partial charge in [-0.1, -0.05) is 12.1 Å². The van der Waals surface area contributed by atoms with Crippen LogP contribution in [0.4, 0.5) is 0 Å². The Bertz CT molecular complexity index is 656. The zero-order valence-electron chi connectivity index (χ0n) is 15.2. The third kappa shape index (κ3) is 7.76. The standard InChI is InChI=1S/C18H27N5O.HI/c1-4-19-18(20-10-6-8-16-13-22-23(2)14-16)21-12-15-7-5-9-17(11-15)24-3;/h5,7,9,11,13-14H,4,6,8,10,12H2,1-3H3,(H2,19,20,21);1H. The van der Waals surface area contributed by atoms with Crippen molar-refractivity contribution in [2.24, 2.45) is 12.0 Å². The first-order valence-corrected chi connectivity index (χ1v) is 8.34. The summed E-state index contributed by atoms with van der Waals surface area (Å²) in [7, 11) is 3.62. The Balaban J connectivity index is 0.00000312. The van der Waals surface area contributed by atoms with Crippen LogP contribution in [0.1, 0.15) is 24.5 Å². The number of rotatable bonds is 8. The maximum Gasteiger partial charge on any atom is 0.191 e. The molecular weight excluding hydrogens is 429 g/mol. The molecule has 0 amide bonds. The van der Waals surface area contributed by atoms with Gasteiger partial charge in [-0.2, -0.15) is 5.10 Å². The Morgan fingerprint density at radius 2 is 2.12 bits per heavy atom. The molecule has 6 nitrogen and oxygen atoms in total. The molecule has 2 aromatic rings. The van der Waals surface area contributed by atoms with Crippen molar-refractivity contribution in [2.45, 2.75) is 26.3 Å². The van der Waals surface area contributed by atoms with E-state index in [2.05, 4.69) is 39.9 Å². The fourth-order valence-electron chi connectivity index (χ4n) is 2.38. The lowest BCUT2D eigenvalue weighted by molar-refractivity contribution is 0.414. The van der Waals surface area contributed by atoms with Gasteiger partial charge in [-0.15, -0.1) is 24.0 Å². The van der Waals surface area contributed by atoms with E-state index in [9.17, 15) is 0 Å². The molecule has 0 atom stereocenters. The third-order valence-corrected chi connectivity index (χ3v) is 3.59. The van der Waals surface area contributed by atoms with E-state index in [0.29, 0.717) is 6.54 Å². The molecule has 0 fully saturated rings. The summed E-state index contributed by atoms with van der Waals surface area (Å²) in [5.74, 6) is 1.70. The van der Waals surface area contributed by atoms with Gasteiger partial charge < -0.3 is 15.4 Å².